The topological polar surface area (TPSA) is 104 Å². The second kappa shape index (κ2) is 5.61. The lowest BCUT2D eigenvalue weighted by molar-refractivity contribution is 0.0754. The standard InChI is InChI=1S/C13H22N4O2/c1-2-9-10(14)11(17-16-9)12(19)15-13(8-18)6-4-3-5-7-13/h18H,2-8,14H2,1H3,(H,15,19)(H,16,17). The van der Waals surface area contributed by atoms with Crippen molar-refractivity contribution in [2.45, 2.75) is 51.0 Å². The molecule has 0 unspecified atom stereocenters. The maximum absolute atomic E-state index is 12.2. The van der Waals surface area contributed by atoms with Gasteiger partial charge in [0.15, 0.2) is 5.69 Å². The van der Waals surface area contributed by atoms with Crippen LogP contribution in [-0.4, -0.2) is 33.4 Å². The molecule has 2 rings (SSSR count). The van der Waals surface area contributed by atoms with Gasteiger partial charge in [0.05, 0.1) is 23.5 Å². The molecule has 5 N–H and O–H groups in total. The number of carbonyl (C=O) groups excluding carboxylic acids is 1. The Labute approximate surface area is 112 Å². The number of nitrogens with zero attached hydrogens (tertiary/aromatic N) is 1. The molecule has 1 aliphatic carbocycles. The van der Waals surface area contributed by atoms with E-state index in [9.17, 15) is 9.90 Å². The van der Waals surface area contributed by atoms with Crippen LogP contribution in [0.3, 0.4) is 0 Å². The van der Waals surface area contributed by atoms with E-state index in [1.54, 1.807) is 0 Å². The molecule has 0 atom stereocenters. The number of nitrogens with two attached hydrogens (primary N) is 1. The number of anilines is 1. The van der Waals surface area contributed by atoms with Crippen molar-refractivity contribution in [3.63, 3.8) is 0 Å². The van der Waals surface area contributed by atoms with Crippen LogP contribution >= 0.6 is 0 Å². The van der Waals surface area contributed by atoms with Gasteiger partial charge in [-0.1, -0.05) is 26.2 Å². The summed E-state index contributed by atoms with van der Waals surface area (Å²) in [6.07, 6.45) is 5.52. The van der Waals surface area contributed by atoms with E-state index in [2.05, 4.69) is 15.5 Å². The summed E-state index contributed by atoms with van der Waals surface area (Å²) >= 11 is 0. The van der Waals surface area contributed by atoms with Crippen LogP contribution in [0.25, 0.3) is 0 Å². The van der Waals surface area contributed by atoms with Crippen LogP contribution < -0.4 is 11.1 Å². The van der Waals surface area contributed by atoms with Crippen LogP contribution in [0.1, 0.15) is 55.2 Å². The molecule has 0 aromatic carbocycles. The minimum absolute atomic E-state index is 0.0380. The number of rotatable bonds is 4. The van der Waals surface area contributed by atoms with Crippen molar-refractivity contribution in [2.75, 3.05) is 12.3 Å². The Morgan fingerprint density at radius 2 is 2.16 bits per heavy atom. The zero-order valence-electron chi connectivity index (χ0n) is 11.3. The Morgan fingerprint density at radius 3 is 2.68 bits per heavy atom. The van der Waals surface area contributed by atoms with Crippen molar-refractivity contribution in [2.24, 2.45) is 0 Å². The summed E-state index contributed by atoms with van der Waals surface area (Å²) in [6.45, 7) is 1.91. The summed E-state index contributed by atoms with van der Waals surface area (Å²) in [4.78, 5) is 12.2. The molecule has 1 aromatic heterocycles. The molecule has 106 valence electrons. The molecule has 19 heavy (non-hydrogen) atoms. The first-order valence-electron chi connectivity index (χ1n) is 6.88. The number of nitrogens with one attached hydrogen (secondary N) is 2. The van der Waals surface area contributed by atoms with Crippen LogP contribution in [0, 0.1) is 0 Å². The van der Waals surface area contributed by atoms with Crippen molar-refractivity contribution in [3.8, 4) is 0 Å². The van der Waals surface area contributed by atoms with Gasteiger partial charge in [-0.15, -0.1) is 0 Å². The summed E-state index contributed by atoms with van der Waals surface area (Å²) < 4.78 is 0. The molecule has 1 heterocycles. The number of hydrogen-bond donors (Lipinski definition) is 4. The molecular weight excluding hydrogens is 244 g/mol. The van der Waals surface area contributed by atoms with E-state index in [4.69, 9.17) is 5.73 Å². The summed E-state index contributed by atoms with van der Waals surface area (Å²) in [7, 11) is 0. The van der Waals surface area contributed by atoms with Crippen molar-refractivity contribution in [3.05, 3.63) is 11.4 Å². The lowest BCUT2D eigenvalue weighted by Crippen LogP contribution is -2.52. The molecule has 1 aliphatic rings. The first-order valence-corrected chi connectivity index (χ1v) is 6.88. The third-order valence-corrected chi connectivity index (χ3v) is 3.94. The number of aryl methyl sites for hydroxylation is 1. The fourth-order valence-electron chi connectivity index (χ4n) is 2.68. The van der Waals surface area contributed by atoms with E-state index in [1.807, 2.05) is 6.92 Å². The number of aromatic amines is 1. The molecule has 0 bridgehead atoms. The average molecular weight is 266 g/mol. The molecule has 6 heteroatoms. The third-order valence-electron chi connectivity index (χ3n) is 3.94. The van der Waals surface area contributed by atoms with Gasteiger partial charge < -0.3 is 16.2 Å². The summed E-state index contributed by atoms with van der Waals surface area (Å²) in [6, 6.07) is 0. The van der Waals surface area contributed by atoms with Crippen molar-refractivity contribution < 1.29 is 9.90 Å². The number of aromatic nitrogens is 2. The Morgan fingerprint density at radius 1 is 1.47 bits per heavy atom. The predicted octanol–water partition coefficient (Wildman–Crippen LogP) is 0.979. The maximum atomic E-state index is 12.2. The van der Waals surface area contributed by atoms with Crippen molar-refractivity contribution in [1.29, 1.82) is 0 Å². The highest BCUT2D eigenvalue weighted by molar-refractivity contribution is 5.98. The highest BCUT2D eigenvalue weighted by atomic mass is 16.3. The molecule has 0 radical (unpaired) electrons. The molecule has 0 aliphatic heterocycles. The lowest BCUT2D eigenvalue weighted by Gasteiger charge is -2.36. The molecular formula is C13H22N4O2. The van der Waals surface area contributed by atoms with Gasteiger partial charge in [0.2, 0.25) is 0 Å². The highest BCUT2D eigenvalue weighted by Gasteiger charge is 2.34. The van der Waals surface area contributed by atoms with Crippen molar-refractivity contribution in [1.82, 2.24) is 15.5 Å². The van der Waals surface area contributed by atoms with Crippen LogP contribution in [0.15, 0.2) is 0 Å². The molecule has 6 nitrogen and oxygen atoms in total. The third kappa shape index (κ3) is 2.73. The lowest BCUT2D eigenvalue weighted by atomic mass is 9.82. The molecule has 1 amide bonds. The number of nitrogen functional groups attached to an aromatic ring is 1. The second-order valence-corrected chi connectivity index (χ2v) is 5.27. The smallest absolute Gasteiger partial charge is 0.274 e. The number of aliphatic hydroxyl groups is 1. The Kier molecular flexibility index (Phi) is 4.09. The van der Waals surface area contributed by atoms with Gasteiger partial charge in [0.1, 0.15) is 0 Å². The van der Waals surface area contributed by atoms with Crippen LogP contribution in [0.5, 0.6) is 0 Å². The van der Waals surface area contributed by atoms with Crippen LogP contribution in [0.2, 0.25) is 0 Å². The van der Waals surface area contributed by atoms with E-state index in [0.717, 1.165) is 37.8 Å². The van der Waals surface area contributed by atoms with Gasteiger partial charge in [-0.2, -0.15) is 5.10 Å². The van der Waals surface area contributed by atoms with Gasteiger partial charge in [0.25, 0.3) is 5.91 Å². The zero-order valence-corrected chi connectivity index (χ0v) is 11.3. The number of H-pyrrole nitrogens is 1. The normalized spacial score (nSPS) is 18.2. The first kappa shape index (κ1) is 13.9. The number of amides is 1. The first-order chi connectivity index (χ1) is 9.12. The average Bonchev–Trinajstić information content (AvgIpc) is 2.81. The SMILES string of the molecule is CCc1[nH]nc(C(=O)NC2(CO)CCCCC2)c1N. The molecule has 1 aromatic rings. The fourth-order valence-corrected chi connectivity index (χ4v) is 2.68. The predicted molar refractivity (Wildman–Crippen MR) is 72.7 cm³/mol. The van der Waals surface area contributed by atoms with Gasteiger partial charge in [0, 0.05) is 0 Å². The van der Waals surface area contributed by atoms with Gasteiger partial charge in [-0.25, -0.2) is 0 Å². The summed E-state index contributed by atoms with van der Waals surface area (Å²) in [5, 5.41) is 19.3. The summed E-state index contributed by atoms with van der Waals surface area (Å²) in [5.41, 5.74) is 6.79. The minimum Gasteiger partial charge on any atom is -0.395 e. The van der Waals surface area contributed by atoms with E-state index >= 15 is 0 Å². The number of aliphatic hydroxyl groups excluding tert-OH is 1. The fraction of sp³-hybridized carbons (Fsp3) is 0.692. The van der Waals surface area contributed by atoms with Crippen LogP contribution in [0.4, 0.5) is 5.69 Å². The van der Waals surface area contributed by atoms with E-state index in [0.29, 0.717) is 12.1 Å². The van der Waals surface area contributed by atoms with Gasteiger partial charge in [-0.05, 0) is 19.3 Å². The highest BCUT2D eigenvalue weighted by Crippen LogP contribution is 2.28. The van der Waals surface area contributed by atoms with E-state index in [1.165, 1.54) is 0 Å². The molecule has 1 saturated carbocycles. The largest absolute Gasteiger partial charge is 0.395 e. The Bertz CT molecular complexity index is 449. The van der Waals surface area contributed by atoms with Crippen molar-refractivity contribution >= 4 is 11.6 Å². The Hall–Kier alpha value is -1.56. The maximum Gasteiger partial charge on any atom is 0.274 e. The zero-order chi connectivity index (χ0) is 13.9. The second-order valence-electron chi connectivity index (χ2n) is 5.27. The molecule has 1 fully saturated rings. The summed E-state index contributed by atoms with van der Waals surface area (Å²) in [5.74, 6) is -0.301. The monoisotopic (exact) mass is 266 g/mol. The van der Waals surface area contributed by atoms with Gasteiger partial charge in [-0.3, -0.25) is 9.89 Å². The quantitative estimate of drug-likeness (QED) is 0.652. The van der Waals surface area contributed by atoms with E-state index < -0.39 is 5.54 Å². The number of hydrogen-bond acceptors (Lipinski definition) is 4. The Balaban J connectivity index is 2.13. The number of carbonyl (C=O) groups is 1. The molecule has 0 spiro atoms. The van der Waals surface area contributed by atoms with E-state index in [-0.39, 0.29) is 18.2 Å². The molecule has 0 saturated heterocycles. The minimum atomic E-state index is -0.507. The van der Waals surface area contributed by atoms with Gasteiger partial charge >= 0.3 is 0 Å². The van der Waals surface area contributed by atoms with Crippen LogP contribution in [-0.2, 0) is 6.42 Å².